The molecule has 0 aliphatic carbocycles. The largest absolute Gasteiger partial charge is 0.352 e. The van der Waals surface area contributed by atoms with E-state index in [1.165, 1.54) is 5.57 Å². The number of amides is 1. The maximum atomic E-state index is 11.7. The average Bonchev–Trinajstić information content (AvgIpc) is 2.45. The van der Waals surface area contributed by atoms with Gasteiger partial charge in [-0.1, -0.05) is 17.7 Å². The number of carbonyl (C=O) groups is 1. The molecule has 1 aliphatic heterocycles. The Morgan fingerprint density at radius 1 is 1.50 bits per heavy atom. The maximum Gasteiger partial charge on any atom is 0.220 e. The normalized spacial score (nSPS) is 15.0. The number of nitrogens with one attached hydrogen (secondary N) is 2. The molecule has 1 amide bonds. The molecule has 18 heavy (non-hydrogen) atoms. The molecule has 1 aromatic rings. The summed E-state index contributed by atoms with van der Waals surface area (Å²) in [6.07, 6.45) is 8.01. The summed E-state index contributed by atoms with van der Waals surface area (Å²) in [6, 6.07) is 3.89. The Balaban J connectivity index is 1.67. The molecule has 0 atom stereocenters. The van der Waals surface area contributed by atoms with Crippen molar-refractivity contribution in [3.05, 3.63) is 41.7 Å². The molecule has 1 aromatic heterocycles. The second-order valence-corrected chi connectivity index (χ2v) is 4.45. The van der Waals surface area contributed by atoms with Gasteiger partial charge < -0.3 is 10.6 Å². The Morgan fingerprint density at radius 3 is 3.17 bits per heavy atom. The molecule has 0 saturated heterocycles. The molecule has 0 unspecified atom stereocenters. The lowest BCUT2D eigenvalue weighted by Gasteiger charge is -2.14. The van der Waals surface area contributed by atoms with E-state index in [0.717, 1.165) is 31.5 Å². The molecule has 2 heterocycles. The van der Waals surface area contributed by atoms with Crippen LogP contribution in [0.2, 0.25) is 0 Å². The van der Waals surface area contributed by atoms with Crippen molar-refractivity contribution in [2.75, 3.05) is 19.6 Å². The standard InChI is InChI=1S/C14H19N3O/c18-14(4-3-12-2-1-7-16-10-12)17-11-13-5-8-15-9-6-13/h1-2,5,7,10,15H,3-4,6,8-9,11H2,(H,17,18). The van der Waals surface area contributed by atoms with Gasteiger partial charge in [0, 0.05) is 31.9 Å². The van der Waals surface area contributed by atoms with E-state index in [1.54, 1.807) is 6.20 Å². The fourth-order valence-corrected chi connectivity index (χ4v) is 1.93. The molecule has 2 rings (SSSR count). The zero-order valence-corrected chi connectivity index (χ0v) is 10.5. The SMILES string of the molecule is O=C(CCc1cccnc1)NCC1=CCNCC1. The van der Waals surface area contributed by atoms with Gasteiger partial charge in [0.2, 0.25) is 5.91 Å². The molecule has 2 N–H and O–H groups in total. The van der Waals surface area contributed by atoms with E-state index >= 15 is 0 Å². The van der Waals surface area contributed by atoms with Crippen molar-refractivity contribution in [3.8, 4) is 0 Å². The summed E-state index contributed by atoms with van der Waals surface area (Å²) in [5, 5.41) is 6.22. The zero-order valence-electron chi connectivity index (χ0n) is 10.5. The Labute approximate surface area is 108 Å². The minimum atomic E-state index is 0.110. The van der Waals surface area contributed by atoms with E-state index in [0.29, 0.717) is 13.0 Å². The Bertz CT molecular complexity index is 414. The van der Waals surface area contributed by atoms with Crippen LogP contribution in [-0.4, -0.2) is 30.5 Å². The Morgan fingerprint density at radius 2 is 2.44 bits per heavy atom. The van der Waals surface area contributed by atoms with Crippen LogP contribution in [-0.2, 0) is 11.2 Å². The minimum absolute atomic E-state index is 0.110. The van der Waals surface area contributed by atoms with Gasteiger partial charge in [-0.3, -0.25) is 9.78 Å². The monoisotopic (exact) mass is 245 g/mol. The van der Waals surface area contributed by atoms with E-state index < -0.39 is 0 Å². The van der Waals surface area contributed by atoms with Gasteiger partial charge in [0.1, 0.15) is 0 Å². The highest BCUT2D eigenvalue weighted by atomic mass is 16.1. The molecule has 0 bridgehead atoms. The van der Waals surface area contributed by atoms with Gasteiger partial charge in [-0.15, -0.1) is 0 Å². The van der Waals surface area contributed by atoms with Crippen LogP contribution >= 0.6 is 0 Å². The van der Waals surface area contributed by atoms with Gasteiger partial charge in [0.25, 0.3) is 0 Å². The number of aryl methyl sites for hydroxylation is 1. The number of pyridine rings is 1. The van der Waals surface area contributed by atoms with E-state index in [9.17, 15) is 4.79 Å². The number of aromatic nitrogens is 1. The summed E-state index contributed by atoms with van der Waals surface area (Å²) >= 11 is 0. The fraction of sp³-hybridized carbons (Fsp3) is 0.429. The van der Waals surface area contributed by atoms with Crippen LogP contribution < -0.4 is 10.6 Å². The van der Waals surface area contributed by atoms with E-state index in [4.69, 9.17) is 0 Å². The summed E-state index contributed by atoms with van der Waals surface area (Å²) in [5.74, 6) is 0.110. The minimum Gasteiger partial charge on any atom is -0.352 e. The number of nitrogens with zero attached hydrogens (tertiary/aromatic N) is 1. The summed E-state index contributed by atoms with van der Waals surface area (Å²) in [4.78, 5) is 15.7. The van der Waals surface area contributed by atoms with Gasteiger partial charge in [0.05, 0.1) is 0 Å². The molecule has 4 heteroatoms. The summed E-state index contributed by atoms with van der Waals surface area (Å²) in [6.45, 7) is 2.62. The van der Waals surface area contributed by atoms with Crippen LogP contribution in [0.5, 0.6) is 0 Å². The fourth-order valence-electron chi connectivity index (χ4n) is 1.93. The van der Waals surface area contributed by atoms with Gasteiger partial charge in [-0.25, -0.2) is 0 Å². The first kappa shape index (κ1) is 12.8. The molecule has 1 aliphatic rings. The lowest BCUT2D eigenvalue weighted by atomic mass is 10.1. The third kappa shape index (κ3) is 4.30. The van der Waals surface area contributed by atoms with Gasteiger partial charge in [0.15, 0.2) is 0 Å². The molecular formula is C14H19N3O. The highest BCUT2D eigenvalue weighted by molar-refractivity contribution is 5.76. The topological polar surface area (TPSA) is 54.0 Å². The van der Waals surface area contributed by atoms with Crippen molar-refractivity contribution in [2.45, 2.75) is 19.3 Å². The molecule has 0 aromatic carbocycles. The lowest BCUT2D eigenvalue weighted by molar-refractivity contribution is -0.120. The molecule has 0 radical (unpaired) electrons. The second kappa shape index (κ2) is 6.91. The smallest absolute Gasteiger partial charge is 0.220 e. The van der Waals surface area contributed by atoms with Gasteiger partial charge >= 0.3 is 0 Å². The predicted molar refractivity (Wildman–Crippen MR) is 71.1 cm³/mol. The second-order valence-electron chi connectivity index (χ2n) is 4.45. The third-order valence-electron chi connectivity index (χ3n) is 3.03. The maximum absolute atomic E-state index is 11.7. The molecule has 0 saturated carbocycles. The van der Waals surface area contributed by atoms with Gasteiger partial charge in [-0.2, -0.15) is 0 Å². The molecule has 96 valence electrons. The Kier molecular flexibility index (Phi) is 4.90. The quantitative estimate of drug-likeness (QED) is 0.762. The van der Waals surface area contributed by atoms with Gasteiger partial charge in [-0.05, 0) is 31.0 Å². The number of hydrogen-bond donors (Lipinski definition) is 2. The Hall–Kier alpha value is -1.68. The molecular weight excluding hydrogens is 226 g/mol. The first-order valence-electron chi connectivity index (χ1n) is 6.39. The van der Waals surface area contributed by atoms with Crippen LogP contribution in [0.15, 0.2) is 36.2 Å². The van der Waals surface area contributed by atoms with Crippen LogP contribution in [0.1, 0.15) is 18.4 Å². The average molecular weight is 245 g/mol. The van der Waals surface area contributed by atoms with Crippen LogP contribution in [0.25, 0.3) is 0 Å². The number of rotatable bonds is 5. The number of carbonyl (C=O) groups excluding carboxylic acids is 1. The summed E-state index contributed by atoms with van der Waals surface area (Å²) in [7, 11) is 0. The molecule has 0 fully saturated rings. The molecule has 0 spiro atoms. The molecule has 4 nitrogen and oxygen atoms in total. The van der Waals surface area contributed by atoms with E-state index in [2.05, 4.69) is 21.7 Å². The lowest BCUT2D eigenvalue weighted by Crippen LogP contribution is -2.29. The third-order valence-corrected chi connectivity index (χ3v) is 3.03. The summed E-state index contributed by atoms with van der Waals surface area (Å²) < 4.78 is 0. The van der Waals surface area contributed by atoms with Crippen molar-refractivity contribution in [2.24, 2.45) is 0 Å². The first-order chi connectivity index (χ1) is 8.84. The highest BCUT2D eigenvalue weighted by Gasteiger charge is 2.05. The van der Waals surface area contributed by atoms with Crippen molar-refractivity contribution in [3.63, 3.8) is 0 Å². The van der Waals surface area contributed by atoms with Crippen LogP contribution in [0.3, 0.4) is 0 Å². The van der Waals surface area contributed by atoms with Crippen molar-refractivity contribution >= 4 is 5.91 Å². The first-order valence-corrected chi connectivity index (χ1v) is 6.39. The summed E-state index contributed by atoms with van der Waals surface area (Å²) in [5.41, 5.74) is 2.43. The van der Waals surface area contributed by atoms with Crippen molar-refractivity contribution < 1.29 is 4.79 Å². The van der Waals surface area contributed by atoms with Crippen molar-refractivity contribution in [1.82, 2.24) is 15.6 Å². The van der Waals surface area contributed by atoms with E-state index in [1.807, 2.05) is 18.3 Å². The predicted octanol–water partition coefficient (Wildman–Crippen LogP) is 1.05. The van der Waals surface area contributed by atoms with Crippen molar-refractivity contribution in [1.29, 1.82) is 0 Å². The van der Waals surface area contributed by atoms with Crippen LogP contribution in [0.4, 0.5) is 0 Å². The van der Waals surface area contributed by atoms with E-state index in [-0.39, 0.29) is 5.91 Å². The van der Waals surface area contributed by atoms with Crippen LogP contribution in [0, 0.1) is 0 Å². The zero-order chi connectivity index (χ0) is 12.6. The number of hydrogen-bond acceptors (Lipinski definition) is 3. The highest BCUT2D eigenvalue weighted by Crippen LogP contribution is 2.03.